The molecular weight excluding hydrogens is 464 g/mol. The number of nitrogens with one attached hydrogen (secondary N) is 2. The van der Waals surface area contributed by atoms with Crippen molar-refractivity contribution in [3.8, 4) is 0 Å². The van der Waals surface area contributed by atoms with Crippen molar-refractivity contribution in [1.29, 1.82) is 0 Å². The Morgan fingerprint density at radius 1 is 0.829 bits per heavy atom. The van der Waals surface area contributed by atoms with Gasteiger partial charge in [-0.05, 0) is 48.0 Å². The molecule has 1 aromatic heterocycles. The minimum Gasteiger partial charge on any atom is -0.468 e. The fraction of sp³-hybridized carbons (Fsp3) is 0.0370. The van der Waals surface area contributed by atoms with Crippen LogP contribution in [0.1, 0.15) is 27.2 Å². The van der Waals surface area contributed by atoms with Crippen LogP contribution in [-0.4, -0.2) is 20.1 Å². The first-order valence-corrected chi connectivity index (χ1v) is 12.2. The van der Waals surface area contributed by atoms with Gasteiger partial charge < -0.3 is 9.73 Å². The molecule has 0 bridgehead atoms. The van der Waals surface area contributed by atoms with Crippen molar-refractivity contribution in [2.24, 2.45) is 0 Å². The van der Waals surface area contributed by atoms with Gasteiger partial charge in [0, 0.05) is 22.9 Å². The van der Waals surface area contributed by atoms with E-state index in [9.17, 15) is 18.0 Å². The molecule has 0 spiro atoms. The second-order valence-corrected chi connectivity index (χ2v) is 9.34. The molecule has 35 heavy (non-hydrogen) atoms. The predicted octanol–water partition coefficient (Wildman–Crippen LogP) is 4.64. The van der Waals surface area contributed by atoms with Crippen LogP contribution < -0.4 is 10.0 Å². The average molecular weight is 487 g/mol. The molecule has 176 valence electrons. The summed E-state index contributed by atoms with van der Waals surface area (Å²) in [6.45, 7) is 0.0509. The van der Waals surface area contributed by atoms with Crippen molar-refractivity contribution in [1.82, 2.24) is 4.72 Å². The molecule has 0 fully saturated rings. The highest BCUT2D eigenvalue weighted by Crippen LogP contribution is 2.16. The fourth-order valence-electron chi connectivity index (χ4n) is 3.27. The molecular formula is C27H22N2O5S. The van der Waals surface area contributed by atoms with Crippen molar-refractivity contribution >= 4 is 33.5 Å². The highest BCUT2D eigenvalue weighted by atomic mass is 32.2. The normalized spacial score (nSPS) is 11.4. The summed E-state index contributed by atoms with van der Waals surface area (Å²) in [7, 11) is -3.70. The van der Waals surface area contributed by atoms with Crippen LogP contribution in [0, 0.1) is 0 Å². The molecule has 1 heterocycles. The molecule has 0 unspecified atom stereocenters. The lowest BCUT2D eigenvalue weighted by molar-refractivity contribution is -0.111. The zero-order chi connectivity index (χ0) is 24.7. The van der Waals surface area contributed by atoms with E-state index in [1.165, 1.54) is 24.5 Å². The summed E-state index contributed by atoms with van der Waals surface area (Å²) in [5.74, 6) is -0.00818. The van der Waals surface area contributed by atoms with E-state index in [2.05, 4.69) is 10.0 Å². The predicted molar refractivity (Wildman–Crippen MR) is 133 cm³/mol. The number of carbonyl (C=O) groups excluding carboxylic acids is 2. The van der Waals surface area contributed by atoms with E-state index in [-0.39, 0.29) is 23.1 Å². The first kappa shape index (κ1) is 23.9. The van der Waals surface area contributed by atoms with Gasteiger partial charge in [-0.3, -0.25) is 9.59 Å². The maximum Gasteiger partial charge on any atom is 0.248 e. The van der Waals surface area contributed by atoms with Gasteiger partial charge >= 0.3 is 0 Å². The summed E-state index contributed by atoms with van der Waals surface area (Å²) in [5, 5.41) is 2.73. The minimum absolute atomic E-state index is 0.0509. The third-order valence-corrected chi connectivity index (χ3v) is 6.48. The maximum atomic E-state index is 12.6. The Kier molecular flexibility index (Phi) is 7.35. The van der Waals surface area contributed by atoms with E-state index in [0.29, 0.717) is 28.1 Å². The Balaban J connectivity index is 1.36. The van der Waals surface area contributed by atoms with Gasteiger partial charge in [0.2, 0.25) is 15.9 Å². The smallest absolute Gasteiger partial charge is 0.248 e. The van der Waals surface area contributed by atoms with Crippen LogP contribution in [0.4, 0.5) is 5.69 Å². The number of ketones is 1. The molecule has 7 nitrogen and oxygen atoms in total. The van der Waals surface area contributed by atoms with E-state index in [0.717, 1.165) is 0 Å². The van der Waals surface area contributed by atoms with E-state index >= 15 is 0 Å². The number of benzene rings is 3. The standard InChI is InChI=1S/C27H22N2O5S/c30-26(29-23-9-4-8-22(18-23)27(31)21-6-2-1-3-7-21)16-13-20-11-14-25(15-12-20)35(32,33)28-19-24-10-5-17-34-24/h1-18,28H,19H2,(H,29,30)/b16-13+. The monoisotopic (exact) mass is 486 g/mol. The van der Waals surface area contributed by atoms with Crippen LogP contribution in [-0.2, 0) is 21.4 Å². The second kappa shape index (κ2) is 10.8. The molecule has 0 aliphatic rings. The van der Waals surface area contributed by atoms with Crippen molar-refractivity contribution in [3.63, 3.8) is 0 Å². The largest absolute Gasteiger partial charge is 0.468 e. The molecule has 2 N–H and O–H groups in total. The van der Waals surface area contributed by atoms with Gasteiger partial charge in [-0.1, -0.05) is 54.6 Å². The molecule has 0 radical (unpaired) electrons. The quantitative estimate of drug-likeness (QED) is 0.265. The van der Waals surface area contributed by atoms with Gasteiger partial charge in [-0.15, -0.1) is 0 Å². The van der Waals surface area contributed by atoms with Gasteiger partial charge in [-0.25, -0.2) is 13.1 Å². The van der Waals surface area contributed by atoms with E-state index in [1.807, 2.05) is 6.07 Å². The van der Waals surface area contributed by atoms with Crippen LogP contribution in [0.5, 0.6) is 0 Å². The van der Waals surface area contributed by atoms with Crippen LogP contribution >= 0.6 is 0 Å². The molecule has 8 heteroatoms. The highest BCUT2D eigenvalue weighted by molar-refractivity contribution is 7.89. The minimum atomic E-state index is -3.70. The zero-order valence-corrected chi connectivity index (χ0v) is 19.4. The summed E-state index contributed by atoms with van der Waals surface area (Å²) >= 11 is 0. The number of anilines is 1. The van der Waals surface area contributed by atoms with Gasteiger partial charge in [0.25, 0.3) is 0 Å². The summed E-state index contributed by atoms with van der Waals surface area (Å²) in [4.78, 5) is 25.1. The third kappa shape index (κ3) is 6.41. The van der Waals surface area contributed by atoms with Crippen molar-refractivity contribution in [2.75, 3.05) is 5.32 Å². The van der Waals surface area contributed by atoms with E-state index in [1.54, 1.807) is 78.9 Å². The number of amides is 1. The molecule has 4 rings (SSSR count). The van der Waals surface area contributed by atoms with Crippen molar-refractivity contribution in [2.45, 2.75) is 11.4 Å². The SMILES string of the molecule is O=C(/C=C/c1ccc(S(=O)(=O)NCc2ccco2)cc1)Nc1cccc(C(=O)c2ccccc2)c1. The van der Waals surface area contributed by atoms with Crippen LogP contribution in [0.3, 0.4) is 0 Å². The maximum absolute atomic E-state index is 12.6. The lowest BCUT2D eigenvalue weighted by Crippen LogP contribution is -2.22. The molecule has 0 aliphatic heterocycles. The first-order chi connectivity index (χ1) is 16.9. The van der Waals surface area contributed by atoms with Crippen LogP contribution in [0.25, 0.3) is 6.08 Å². The Labute approximate surface area is 203 Å². The Bertz CT molecular complexity index is 1440. The Morgan fingerprint density at radius 3 is 2.29 bits per heavy atom. The van der Waals surface area contributed by atoms with E-state index < -0.39 is 10.0 Å². The molecule has 4 aromatic rings. The fourth-order valence-corrected chi connectivity index (χ4v) is 4.26. The van der Waals surface area contributed by atoms with Crippen molar-refractivity contribution in [3.05, 3.63) is 126 Å². The molecule has 3 aromatic carbocycles. The van der Waals surface area contributed by atoms with E-state index in [4.69, 9.17) is 4.42 Å². The lowest BCUT2D eigenvalue weighted by Gasteiger charge is -2.06. The number of carbonyl (C=O) groups is 2. The molecule has 0 saturated heterocycles. The van der Waals surface area contributed by atoms with Crippen LogP contribution in [0.15, 0.2) is 113 Å². The number of sulfonamides is 1. The second-order valence-electron chi connectivity index (χ2n) is 7.57. The van der Waals surface area contributed by atoms with Crippen LogP contribution in [0.2, 0.25) is 0 Å². The number of hydrogen-bond acceptors (Lipinski definition) is 5. The number of hydrogen-bond donors (Lipinski definition) is 2. The first-order valence-electron chi connectivity index (χ1n) is 10.7. The molecule has 1 amide bonds. The zero-order valence-electron chi connectivity index (χ0n) is 18.5. The van der Waals surface area contributed by atoms with Crippen molar-refractivity contribution < 1.29 is 22.4 Å². The molecule has 0 atom stereocenters. The van der Waals surface area contributed by atoms with Gasteiger partial charge in [0.15, 0.2) is 5.78 Å². The van der Waals surface area contributed by atoms with Gasteiger partial charge in [0.1, 0.15) is 5.76 Å². The summed E-state index contributed by atoms with van der Waals surface area (Å²) < 4.78 is 32.4. The average Bonchev–Trinajstić information content (AvgIpc) is 3.41. The summed E-state index contributed by atoms with van der Waals surface area (Å²) in [6.07, 6.45) is 4.38. The Hall–Kier alpha value is -4.27. The number of rotatable bonds is 9. The topological polar surface area (TPSA) is 105 Å². The molecule has 0 aliphatic carbocycles. The van der Waals surface area contributed by atoms with Gasteiger partial charge in [-0.2, -0.15) is 0 Å². The highest BCUT2D eigenvalue weighted by Gasteiger charge is 2.14. The lowest BCUT2D eigenvalue weighted by atomic mass is 10.0. The number of furan rings is 1. The summed E-state index contributed by atoms with van der Waals surface area (Å²) in [5.41, 5.74) is 2.18. The summed E-state index contributed by atoms with van der Waals surface area (Å²) in [6, 6.07) is 25.1. The molecule has 0 saturated carbocycles. The Morgan fingerprint density at radius 2 is 1.57 bits per heavy atom. The third-order valence-electron chi connectivity index (χ3n) is 5.06. The van der Waals surface area contributed by atoms with Gasteiger partial charge in [0.05, 0.1) is 17.7 Å².